The molecular formula is C11H15NOS. The molecular weight excluding hydrogens is 194 g/mol. The Hall–Kier alpha value is -0.670. The van der Waals surface area contributed by atoms with Crippen molar-refractivity contribution in [3.8, 4) is 0 Å². The molecule has 0 spiro atoms. The van der Waals surface area contributed by atoms with Gasteiger partial charge in [-0.25, -0.2) is 0 Å². The highest BCUT2D eigenvalue weighted by Crippen LogP contribution is 2.36. The van der Waals surface area contributed by atoms with E-state index in [1.54, 1.807) is 0 Å². The Labute approximate surface area is 88.9 Å². The Morgan fingerprint density at radius 2 is 2.36 bits per heavy atom. The van der Waals surface area contributed by atoms with Crippen LogP contribution in [0.1, 0.15) is 5.56 Å². The number of rotatable bonds is 1. The van der Waals surface area contributed by atoms with Crippen molar-refractivity contribution in [3.05, 3.63) is 23.8 Å². The highest BCUT2D eigenvalue weighted by atomic mass is 32.2. The highest BCUT2D eigenvalue weighted by molar-refractivity contribution is 7.99. The number of aryl methyl sites for hydroxylation is 1. The number of nitrogens with zero attached hydrogens (tertiary/aromatic N) is 1. The first-order valence-corrected chi connectivity index (χ1v) is 5.78. The van der Waals surface area contributed by atoms with Crippen LogP contribution in [-0.2, 0) is 0 Å². The fourth-order valence-corrected chi connectivity index (χ4v) is 2.91. The minimum atomic E-state index is 0.233. The Morgan fingerprint density at radius 3 is 3.07 bits per heavy atom. The highest BCUT2D eigenvalue weighted by Gasteiger charge is 2.22. The predicted octanol–water partition coefficient (Wildman–Crippen LogP) is 1.90. The third kappa shape index (κ3) is 1.62. The molecule has 0 saturated heterocycles. The molecule has 1 aromatic rings. The number of anilines is 1. The molecule has 1 heterocycles. The number of likely N-dealkylation sites (N-methyl/N-ethyl adjacent to an activating group) is 1. The third-order valence-corrected chi connectivity index (χ3v) is 3.89. The van der Waals surface area contributed by atoms with Crippen molar-refractivity contribution in [1.82, 2.24) is 0 Å². The second kappa shape index (κ2) is 3.83. The fourth-order valence-electron chi connectivity index (χ4n) is 1.69. The van der Waals surface area contributed by atoms with Gasteiger partial charge in [-0.3, -0.25) is 0 Å². The molecule has 14 heavy (non-hydrogen) atoms. The number of hydrogen-bond donors (Lipinski definition) is 1. The predicted molar refractivity (Wildman–Crippen MR) is 61.2 cm³/mol. The minimum absolute atomic E-state index is 0.233. The minimum Gasteiger partial charge on any atom is -0.394 e. The summed E-state index contributed by atoms with van der Waals surface area (Å²) in [5.74, 6) is 0.975. The van der Waals surface area contributed by atoms with Crippen LogP contribution in [0.3, 0.4) is 0 Å². The van der Waals surface area contributed by atoms with Gasteiger partial charge >= 0.3 is 0 Å². The first-order chi connectivity index (χ1) is 6.72. The van der Waals surface area contributed by atoms with E-state index in [0.29, 0.717) is 0 Å². The van der Waals surface area contributed by atoms with Gasteiger partial charge in [-0.05, 0) is 24.6 Å². The lowest BCUT2D eigenvalue weighted by molar-refractivity contribution is 0.271. The van der Waals surface area contributed by atoms with Gasteiger partial charge in [0.15, 0.2) is 0 Å². The van der Waals surface area contributed by atoms with Crippen LogP contribution in [0.15, 0.2) is 23.1 Å². The maximum atomic E-state index is 9.20. The van der Waals surface area contributed by atoms with Crippen molar-refractivity contribution in [2.45, 2.75) is 17.9 Å². The zero-order valence-electron chi connectivity index (χ0n) is 8.53. The monoisotopic (exact) mass is 209 g/mol. The average molecular weight is 209 g/mol. The fraction of sp³-hybridized carbons (Fsp3) is 0.455. The summed E-state index contributed by atoms with van der Waals surface area (Å²) in [6.07, 6.45) is 0. The Bertz CT molecular complexity index is 340. The van der Waals surface area contributed by atoms with Crippen LogP contribution in [0, 0.1) is 6.92 Å². The number of aliphatic hydroxyl groups excluding tert-OH is 1. The summed E-state index contributed by atoms with van der Waals surface area (Å²) >= 11 is 1.83. The summed E-state index contributed by atoms with van der Waals surface area (Å²) in [4.78, 5) is 3.50. The molecule has 0 radical (unpaired) electrons. The van der Waals surface area contributed by atoms with Crippen molar-refractivity contribution < 1.29 is 5.11 Å². The van der Waals surface area contributed by atoms with Gasteiger partial charge in [0.1, 0.15) is 0 Å². The molecule has 0 amide bonds. The summed E-state index contributed by atoms with van der Waals surface area (Å²) in [6.45, 7) is 2.33. The molecule has 2 nitrogen and oxygen atoms in total. The number of hydrogen-bond acceptors (Lipinski definition) is 3. The molecule has 1 aromatic carbocycles. The third-order valence-electron chi connectivity index (χ3n) is 2.68. The Balaban J connectivity index is 2.38. The maximum absolute atomic E-state index is 9.20. The first-order valence-electron chi connectivity index (χ1n) is 4.79. The normalized spacial score (nSPS) is 20.8. The van der Waals surface area contributed by atoms with Crippen molar-refractivity contribution in [2.24, 2.45) is 0 Å². The summed E-state index contributed by atoms with van der Waals surface area (Å²) < 4.78 is 0. The van der Waals surface area contributed by atoms with Crippen LogP contribution < -0.4 is 4.90 Å². The molecule has 0 bridgehead atoms. The number of aliphatic hydroxyl groups is 1. The zero-order chi connectivity index (χ0) is 10.1. The van der Waals surface area contributed by atoms with Gasteiger partial charge in [-0.1, -0.05) is 6.07 Å². The zero-order valence-corrected chi connectivity index (χ0v) is 9.34. The van der Waals surface area contributed by atoms with Gasteiger partial charge < -0.3 is 10.0 Å². The topological polar surface area (TPSA) is 23.5 Å². The van der Waals surface area contributed by atoms with Crippen LogP contribution in [0.25, 0.3) is 0 Å². The van der Waals surface area contributed by atoms with E-state index in [2.05, 4.69) is 37.1 Å². The summed E-state index contributed by atoms with van der Waals surface area (Å²) in [6, 6.07) is 6.75. The Kier molecular flexibility index (Phi) is 2.70. The molecule has 3 heteroatoms. The molecule has 0 aromatic heterocycles. The number of fused-ring (bicyclic) bond motifs is 1. The largest absolute Gasteiger partial charge is 0.394 e. The molecule has 76 valence electrons. The molecule has 1 N–H and O–H groups in total. The van der Waals surface area contributed by atoms with Gasteiger partial charge in [-0.15, -0.1) is 11.8 Å². The second-order valence-electron chi connectivity index (χ2n) is 3.73. The lowest BCUT2D eigenvalue weighted by Gasteiger charge is -2.34. The van der Waals surface area contributed by atoms with Gasteiger partial charge in [-0.2, -0.15) is 0 Å². The van der Waals surface area contributed by atoms with Crippen LogP contribution >= 0.6 is 11.8 Å². The van der Waals surface area contributed by atoms with Crippen LogP contribution in [0.2, 0.25) is 0 Å². The molecule has 0 fully saturated rings. The number of thioether (sulfide) groups is 1. The van der Waals surface area contributed by atoms with Gasteiger partial charge in [0, 0.05) is 17.7 Å². The lowest BCUT2D eigenvalue weighted by atomic mass is 10.2. The summed E-state index contributed by atoms with van der Waals surface area (Å²) in [5.41, 5.74) is 2.52. The van der Waals surface area contributed by atoms with Crippen molar-refractivity contribution in [3.63, 3.8) is 0 Å². The second-order valence-corrected chi connectivity index (χ2v) is 4.79. The molecule has 1 aliphatic rings. The average Bonchev–Trinajstić information content (AvgIpc) is 2.20. The lowest BCUT2D eigenvalue weighted by Crippen LogP contribution is -2.39. The van der Waals surface area contributed by atoms with Crippen LogP contribution in [0.4, 0.5) is 5.69 Å². The van der Waals surface area contributed by atoms with Gasteiger partial charge in [0.25, 0.3) is 0 Å². The van der Waals surface area contributed by atoms with E-state index >= 15 is 0 Å². The van der Waals surface area contributed by atoms with E-state index in [0.717, 1.165) is 5.75 Å². The molecule has 0 saturated carbocycles. The summed E-state index contributed by atoms with van der Waals surface area (Å²) in [5, 5.41) is 9.20. The van der Waals surface area contributed by atoms with Crippen LogP contribution in [0.5, 0.6) is 0 Å². The molecule has 0 aliphatic carbocycles. The van der Waals surface area contributed by atoms with E-state index < -0.39 is 0 Å². The van der Waals surface area contributed by atoms with Gasteiger partial charge in [0.2, 0.25) is 0 Å². The standard InChI is InChI=1S/C11H15NOS/c1-8-3-4-11-10(5-8)12(2)9(6-13)7-14-11/h3-5,9,13H,6-7H2,1-2H3. The first kappa shape index (κ1) is 9.87. The SMILES string of the molecule is Cc1ccc2c(c1)N(C)C(CO)CS2. The van der Waals surface area contributed by atoms with Crippen molar-refractivity contribution in [2.75, 3.05) is 24.3 Å². The number of benzene rings is 1. The maximum Gasteiger partial charge on any atom is 0.0643 e. The smallest absolute Gasteiger partial charge is 0.0643 e. The van der Waals surface area contributed by atoms with E-state index in [4.69, 9.17) is 0 Å². The van der Waals surface area contributed by atoms with E-state index in [-0.39, 0.29) is 12.6 Å². The van der Waals surface area contributed by atoms with E-state index in [1.165, 1.54) is 16.1 Å². The van der Waals surface area contributed by atoms with E-state index in [1.807, 2.05) is 11.8 Å². The van der Waals surface area contributed by atoms with Crippen molar-refractivity contribution >= 4 is 17.4 Å². The molecule has 1 unspecified atom stereocenters. The van der Waals surface area contributed by atoms with Crippen LogP contribution in [-0.4, -0.2) is 30.6 Å². The molecule has 1 aliphatic heterocycles. The van der Waals surface area contributed by atoms with E-state index in [9.17, 15) is 5.11 Å². The molecule has 2 rings (SSSR count). The Morgan fingerprint density at radius 1 is 1.57 bits per heavy atom. The molecule has 1 atom stereocenters. The quantitative estimate of drug-likeness (QED) is 0.764. The van der Waals surface area contributed by atoms with Gasteiger partial charge in [0.05, 0.1) is 18.3 Å². The summed E-state index contributed by atoms with van der Waals surface area (Å²) in [7, 11) is 2.05. The van der Waals surface area contributed by atoms with Crippen molar-refractivity contribution in [1.29, 1.82) is 0 Å².